The number of morpholine rings is 1. The van der Waals surface area contributed by atoms with Crippen LogP contribution in [-0.2, 0) is 11.3 Å². The molecule has 1 fully saturated rings. The van der Waals surface area contributed by atoms with Crippen LogP contribution in [0.1, 0.15) is 12.0 Å². The predicted octanol–water partition coefficient (Wildman–Crippen LogP) is 1.00. The molecular formula is C13H21N2O+. The Hall–Kier alpha value is -0.930. The number of hydrogen-bond donors (Lipinski definition) is 0. The highest BCUT2D eigenvalue weighted by Gasteiger charge is 2.10. The van der Waals surface area contributed by atoms with Crippen molar-refractivity contribution in [2.45, 2.75) is 19.9 Å². The van der Waals surface area contributed by atoms with E-state index in [0.717, 1.165) is 32.8 Å². The second-order valence-corrected chi connectivity index (χ2v) is 4.42. The molecule has 2 heterocycles. The smallest absolute Gasteiger partial charge is 0.169 e. The Morgan fingerprint density at radius 2 is 1.94 bits per heavy atom. The summed E-state index contributed by atoms with van der Waals surface area (Å²) in [6.07, 6.45) is 5.54. The molecule has 0 bridgehead atoms. The highest BCUT2D eigenvalue weighted by Crippen LogP contribution is 1.98. The molecule has 88 valence electrons. The monoisotopic (exact) mass is 221 g/mol. The van der Waals surface area contributed by atoms with Crippen molar-refractivity contribution >= 4 is 0 Å². The number of aromatic nitrogens is 1. The summed E-state index contributed by atoms with van der Waals surface area (Å²) >= 11 is 0. The molecule has 1 aliphatic rings. The van der Waals surface area contributed by atoms with E-state index in [0.29, 0.717) is 0 Å². The summed E-state index contributed by atoms with van der Waals surface area (Å²) in [5, 5.41) is 0. The minimum atomic E-state index is 0.900. The van der Waals surface area contributed by atoms with Gasteiger partial charge >= 0.3 is 0 Å². The third-order valence-corrected chi connectivity index (χ3v) is 3.05. The van der Waals surface area contributed by atoms with Gasteiger partial charge in [-0.15, -0.1) is 0 Å². The maximum absolute atomic E-state index is 5.33. The Labute approximate surface area is 97.6 Å². The highest BCUT2D eigenvalue weighted by atomic mass is 16.5. The van der Waals surface area contributed by atoms with Crippen LogP contribution in [0.4, 0.5) is 0 Å². The molecule has 0 aromatic carbocycles. The van der Waals surface area contributed by atoms with Crippen molar-refractivity contribution < 1.29 is 9.30 Å². The molecule has 0 spiro atoms. The van der Waals surface area contributed by atoms with E-state index >= 15 is 0 Å². The van der Waals surface area contributed by atoms with Crippen LogP contribution in [0.3, 0.4) is 0 Å². The van der Waals surface area contributed by atoms with Gasteiger partial charge in [-0.05, 0) is 12.5 Å². The number of aryl methyl sites for hydroxylation is 2. The lowest BCUT2D eigenvalue weighted by atomic mass is 10.3. The molecule has 0 radical (unpaired) electrons. The molecule has 1 aromatic heterocycles. The van der Waals surface area contributed by atoms with Gasteiger partial charge in [-0.25, -0.2) is 4.57 Å². The molecule has 0 saturated carbocycles. The van der Waals surface area contributed by atoms with Crippen LogP contribution in [0, 0.1) is 6.92 Å². The molecule has 2 rings (SSSR count). The minimum Gasteiger partial charge on any atom is -0.379 e. The number of hydrogen-bond acceptors (Lipinski definition) is 2. The minimum absolute atomic E-state index is 0.900. The van der Waals surface area contributed by atoms with Crippen LogP contribution >= 0.6 is 0 Å². The Morgan fingerprint density at radius 3 is 2.62 bits per heavy atom. The first kappa shape index (κ1) is 11.6. The van der Waals surface area contributed by atoms with Gasteiger partial charge in [0, 0.05) is 38.2 Å². The number of nitrogens with zero attached hydrogens (tertiary/aromatic N) is 2. The molecule has 0 atom stereocenters. The van der Waals surface area contributed by atoms with Crippen molar-refractivity contribution in [2.75, 3.05) is 32.8 Å². The normalized spacial score (nSPS) is 17.6. The number of pyridine rings is 1. The lowest BCUT2D eigenvalue weighted by Gasteiger charge is -2.25. The summed E-state index contributed by atoms with van der Waals surface area (Å²) in [5.41, 5.74) is 1.32. The average molecular weight is 221 g/mol. The zero-order chi connectivity index (χ0) is 11.2. The molecule has 0 aliphatic carbocycles. The van der Waals surface area contributed by atoms with Gasteiger partial charge in [-0.2, -0.15) is 0 Å². The molecule has 16 heavy (non-hydrogen) atoms. The largest absolute Gasteiger partial charge is 0.379 e. The van der Waals surface area contributed by atoms with E-state index in [1.165, 1.54) is 18.5 Å². The van der Waals surface area contributed by atoms with Gasteiger partial charge < -0.3 is 4.74 Å². The fraction of sp³-hybridized carbons (Fsp3) is 0.615. The molecule has 0 amide bonds. The quantitative estimate of drug-likeness (QED) is 0.705. The second-order valence-electron chi connectivity index (χ2n) is 4.42. The fourth-order valence-electron chi connectivity index (χ4n) is 1.98. The van der Waals surface area contributed by atoms with Crippen LogP contribution in [0.2, 0.25) is 0 Å². The van der Waals surface area contributed by atoms with E-state index in [1.54, 1.807) is 0 Å². The Balaban J connectivity index is 1.69. The average Bonchev–Trinajstić information content (AvgIpc) is 2.33. The van der Waals surface area contributed by atoms with Crippen molar-refractivity contribution in [1.82, 2.24) is 4.90 Å². The Kier molecular flexibility index (Phi) is 4.31. The van der Waals surface area contributed by atoms with Gasteiger partial charge in [0.15, 0.2) is 12.4 Å². The zero-order valence-corrected chi connectivity index (χ0v) is 10.1. The maximum Gasteiger partial charge on any atom is 0.169 e. The lowest BCUT2D eigenvalue weighted by molar-refractivity contribution is -0.697. The summed E-state index contributed by atoms with van der Waals surface area (Å²) in [5.74, 6) is 0. The first-order valence-electron chi connectivity index (χ1n) is 6.10. The highest BCUT2D eigenvalue weighted by molar-refractivity contribution is 5.03. The lowest BCUT2D eigenvalue weighted by Crippen LogP contribution is -2.39. The van der Waals surface area contributed by atoms with Crippen LogP contribution in [0.25, 0.3) is 0 Å². The van der Waals surface area contributed by atoms with Crippen molar-refractivity contribution in [3.05, 3.63) is 30.1 Å². The van der Waals surface area contributed by atoms with Crippen molar-refractivity contribution in [1.29, 1.82) is 0 Å². The first-order chi connectivity index (χ1) is 7.84. The van der Waals surface area contributed by atoms with Crippen molar-refractivity contribution in [3.63, 3.8) is 0 Å². The first-order valence-corrected chi connectivity index (χ1v) is 6.10. The molecule has 0 unspecified atom stereocenters. The number of ether oxygens (including phenoxy) is 1. The van der Waals surface area contributed by atoms with Gasteiger partial charge in [0.25, 0.3) is 0 Å². The second kappa shape index (κ2) is 5.97. The van der Waals surface area contributed by atoms with Crippen molar-refractivity contribution in [2.24, 2.45) is 0 Å². The fourth-order valence-corrected chi connectivity index (χ4v) is 1.98. The van der Waals surface area contributed by atoms with Crippen molar-refractivity contribution in [3.8, 4) is 0 Å². The molecule has 1 aromatic rings. The van der Waals surface area contributed by atoms with Gasteiger partial charge in [0.05, 0.1) is 13.2 Å². The van der Waals surface area contributed by atoms with Gasteiger partial charge in [0.1, 0.15) is 6.54 Å². The topological polar surface area (TPSA) is 16.4 Å². The van der Waals surface area contributed by atoms with E-state index in [9.17, 15) is 0 Å². The van der Waals surface area contributed by atoms with E-state index in [1.807, 2.05) is 0 Å². The zero-order valence-electron chi connectivity index (χ0n) is 10.1. The van der Waals surface area contributed by atoms with Crippen LogP contribution < -0.4 is 4.57 Å². The third-order valence-electron chi connectivity index (χ3n) is 3.05. The number of rotatable bonds is 4. The van der Waals surface area contributed by atoms with E-state index in [-0.39, 0.29) is 0 Å². The Bertz CT molecular complexity index is 304. The van der Waals surface area contributed by atoms with E-state index < -0.39 is 0 Å². The summed E-state index contributed by atoms with van der Waals surface area (Å²) in [6, 6.07) is 4.32. The van der Waals surface area contributed by atoms with Gasteiger partial charge in [0.2, 0.25) is 0 Å². The SMILES string of the molecule is Cc1cc[n+](CCCN2CCOCC2)cc1. The maximum atomic E-state index is 5.33. The molecule has 1 aliphatic heterocycles. The molecule has 1 saturated heterocycles. The van der Waals surface area contributed by atoms with Crippen LogP contribution in [-0.4, -0.2) is 37.7 Å². The summed E-state index contributed by atoms with van der Waals surface area (Å²) in [4.78, 5) is 2.48. The third kappa shape index (κ3) is 3.58. The molecule has 3 heteroatoms. The van der Waals surface area contributed by atoms with Crippen LogP contribution in [0.5, 0.6) is 0 Å². The summed E-state index contributed by atoms with van der Waals surface area (Å²) in [6.45, 7) is 8.41. The summed E-state index contributed by atoms with van der Waals surface area (Å²) < 4.78 is 7.59. The van der Waals surface area contributed by atoms with Crippen LogP contribution in [0.15, 0.2) is 24.5 Å². The molecule has 0 N–H and O–H groups in total. The molecule has 3 nitrogen and oxygen atoms in total. The predicted molar refractivity (Wildman–Crippen MR) is 63.3 cm³/mol. The van der Waals surface area contributed by atoms with Gasteiger partial charge in [-0.3, -0.25) is 4.90 Å². The standard InChI is InChI=1S/C13H21N2O/c1-13-3-7-14(8-4-13)5-2-6-15-9-11-16-12-10-15/h3-4,7-8H,2,5-6,9-12H2,1H3/q+1. The van der Waals surface area contributed by atoms with Gasteiger partial charge in [-0.1, -0.05) is 0 Å². The Morgan fingerprint density at radius 1 is 1.25 bits per heavy atom. The van der Waals surface area contributed by atoms with E-state index in [4.69, 9.17) is 4.74 Å². The molecular weight excluding hydrogens is 200 g/mol. The summed E-state index contributed by atoms with van der Waals surface area (Å²) in [7, 11) is 0. The van der Waals surface area contributed by atoms with E-state index in [2.05, 4.69) is 40.9 Å².